The van der Waals surface area contributed by atoms with E-state index in [0.717, 1.165) is 18.1 Å². The zero-order valence-corrected chi connectivity index (χ0v) is 12.9. The smallest absolute Gasteiger partial charge is 0.107 e. The van der Waals surface area contributed by atoms with Crippen molar-refractivity contribution < 1.29 is 0 Å². The monoisotopic (exact) mass is 278 g/mol. The van der Waals surface area contributed by atoms with Crippen LogP contribution in [0.4, 0.5) is 0 Å². The maximum atomic E-state index is 4.68. The molecule has 19 heavy (non-hydrogen) atoms. The Labute approximate surface area is 118 Å². The van der Waals surface area contributed by atoms with E-state index in [-0.39, 0.29) is 5.41 Å². The molecule has 0 radical (unpaired) electrons. The molecule has 1 N–H and O–H groups in total. The lowest BCUT2D eigenvalue weighted by Crippen LogP contribution is -2.30. The molecule has 2 heterocycles. The Morgan fingerprint density at radius 2 is 2.21 bits per heavy atom. The summed E-state index contributed by atoms with van der Waals surface area (Å²) in [5.41, 5.74) is 1.31. The van der Waals surface area contributed by atoms with Crippen molar-refractivity contribution in [2.45, 2.75) is 52.2 Å². The summed E-state index contributed by atoms with van der Waals surface area (Å²) in [7, 11) is 0. The maximum absolute atomic E-state index is 4.68. The van der Waals surface area contributed by atoms with Gasteiger partial charge in [0.1, 0.15) is 5.01 Å². The van der Waals surface area contributed by atoms with Crippen molar-refractivity contribution in [3.8, 4) is 0 Å². The van der Waals surface area contributed by atoms with Gasteiger partial charge >= 0.3 is 0 Å². The Hall–Kier alpha value is -1.20. The summed E-state index contributed by atoms with van der Waals surface area (Å²) in [4.78, 5) is 4.68. The molecule has 1 atom stereocenters. The molecule has 0 spiro atoms. The van der Waals surface area contributed by atoms with Gasteiger partial charge in [-0.1, -0.05) is 20.8 Å². The Morgan fingerprint density at radius 1 is 1.42 bits per heavy atom. The molecule has 104 valence electrons. The fourth-order valence-electron chi connectivity index (χ4n) is 1.75. The Morgan fingerprint density at radius 3 is 2.79 bits per heavy atom. The highest BCUT2D eigenvalue weighted by Gasteiger charge is 2.17. The molecule has 0 saturated heterocycles. The lowest BCUT2D eigenvalue weighted by Gasteiger charge is -2.15. The maximum Gasteiger partial charge on any atom is 0.107 e. The third-order valence-electron chi connectivity index (χ3n) is 2.94. The third kappa shape index (κ3) is 4.14. The Kier molecular flexibility index (Phi) is 4.37. The number of hydrogen-bond donors (Lipinski definition) is 1. The van der Waals surface area contributed by atoms with Crippen molar-refractivity contribution in [2.24, 2.45) is 0 Å². The molecule has 0 aliphatic heterocycles. The first-order valence-electron chi connectivity index (χ1n) is 6.61. The van der Waals surface area contributed by atoms with Gasteiger partial charge in [-0.15, -0.1) is 11.3 Å². The van der Waals surface area contributed by atoms with E-state index in [9.17, 15) is 0 Å². The van der Waals surface area contributed by atoms with Gasteiger partial charge in [-0.05, 0) is 13.0 Å². The largest absolute Gasteiger partial charge is 0.306 e. The van der Waals surface area contributed by atoms with Crippen LogP contribution in [0, 0.1) is 0 Å². The van der Waals surface area contributed by atoms with Gasteiger partial charge in [0.25, 0.3) is 0 Å². The van der Waals surface area contributed by atoms with Gasteiger partial charge in [-0.3, -0.25) is 4.68 Å². The van der Waals surface area contributed by atoms with Crippen molar-refractivity contribution in [1.82, 2.24) is 20.1 Å². The molecular formula is C14H22N4S. The summed E-state index contributed by atoms with van der Waals surface area (Å²) >= 11 is 1.73. The van der Waals surface area contributed by atoms with Crippen LogP contribution in [0.1, 0.15) is 38.4 Å². The first-order valence-corrected chi connectivity index (χ1v) is 7.49. The van der Waals surface area contributed by atoms with E-state index < -0.39 is 0 Å². The van der Waals surface area contributed by atoms with E-state index in [0.29, 0.717) is 6.04 Å². The molecular weight excluding hydrogens is 256 g/mol. The lowest BCUT2D eigenvalue weighted by molar-refractivity contribution is 0.449. The predicted molar refractivity (Wildman–Crippen MR) is 79.3 cm³/mol. The zero-order chi connectivity index (χ0) is 13.9. The molecule has 4 nitrogen and oxygen atoms in total. The van der Waals surface area contributed by atoms with Gasteiger partial charge in [-0.2, -0.15) is 5.10 Å². The van der Waals surface area contributed by atoms with Crippen LogP contribution in [-0.4, -0.2) is 20.8 Å². The standard InChI is InChI=1S/C14H22N4S/c1-11(9-18-7-5-6-16-18)15-8-13-17-12(10-19-13)14(2,3)4/h5-7,10-11,15H,8-9H2,1-4H3. The molecule has 5 heteroatoms. The fraction of sp³-hybridized carbons (Fsp3) is 0.571. The lowest BCUT2D eigenvalue weighted by atomic mass is 9.93. The molecule has 0 amide bonds. The summed E-state index contributed by atoms with van der Waals surface area (Å²) < 4.78 is 1.94. The van der Waals surface area contributed by atoms with E-state index >= 15 is 0 Å². The molecule has 0 fully saturated rings. The summed E-state index contributed by atoms with van der Waals surface area (Å²) in [5, 5.41) is 11.0. The van der Waals surface area contributed by atoms with Crippen LogP contribution in [-0.2, 0) is 18.5 Å². The molecule has 0 saturated carbocycles. The van der Waals surface area contributed by atoms with E-state index in [1.54, 1.807) is 11.3 Å². The van der Waals surface area contributed by atoms with E-state index in [1.165, 1.54) is 5.69 Å². The van der Waals surface area contributed by atoms with Gasteiger partial charge in [0.15, 0.2) is 0 Å². The topological polar surface area (TPSA) is 42.7 Å². The van der Waals surface area contributed by atoms with Crippen molar-refractivity contribution in [3.05, 3.63) is 34.5 Å². The zero-order valence-electron chi connectivity index (χ0n) is 12.1. The number of thiazole rings is 1. The average Bonchev–Trinajstić information content (AvgIpc) is 2.95. The first-order chi connectivity index (χ1) is 8.95. The van der Waals surface area contributed by atoms with Crippen LogP contribution in [0.2, 0.25) is 0 Å². The van der Waals surface area contributed by atoms with Gasteiger partial charge < -0.3 is 5.32 Å². The average molecular weight is 278 g/mol. The molecule has 1 unspecified atom stereocenters. The number of hydrogen-bond acceptors (Lipinski definition) is 4. The summed E-state index contributed by atoms with van der Waals surface area (Å²) in [6.45, 7) is 10.5. The third-order valence-corrected chi connectivity index (χ3v) is 3.79. The van der Waals surface area contributed by atoms with E-state index in [1.807, 2.05) is 23.1 Å². The van der Waals surface area contributed by atoms with E-state index in [4.69, 9.17) is 0 Å². The van der Waals surface area contributed by atoms with Crippen molar-refractivity contribution >= 4 is 11.3 Å². The number of nitrogens with one attached hydrogen (secondary N) is 1. The highest BCUT2D eigenvalue weighted by atomic mass is 32.1. The quantitative estimate of drug-likeness (QED) is 0.914. The van der Waals surface area contributed by atoms with Gasteiger partial charge in [0.05, 0.1) is 12.2 Å². The van der Waals surface area contributed by atoms with Crippen molar-refractivity contribution in [1.29, 1.82) is 0 Å². The van der Waals surface area contributed by atoms with Gasteiger partial charge in [0, 0.05) is 35.8 Å². The first kappa shape index (κ1) is 14.2. The Bertz CT molecular complexity index is 496. The minimum absolute atomic E-state index is 0.134. The van der Waals surface area contributed by atoms with Crippen LogP contribution in [0.25, 0.3) is 0 Å². The molecule has 0 aliphatic rings. The van der Waals surface area contributed by atoms with Gasteiger partial charge in [-0.25, -0.2) is 4.98 Å². The summed E-state index contributed by atoms with van der Waals surface area (Å²) in [6, 6.07) is 2.32. The highest BCUT2D eigenvalue weighted by molar-refractivity contribution is 7.09. The molecule has 0 aliphatic carbocycles. The van der Waals surface area contributed by atoms with Crippen molar-refractivity contribution in [3.63, 3.8) is 0 Å². The molecule has 0 aromatic carbocycles. The number of nitrogens with zero attached hydrogens (tertiary/aromatic N) is 3. The second kappa shape index (κ2) is 5.84. The van der Waals surface area contributed by atoms with E-state index in [2.05, 4.69) is 48.5 Å². The number of aromatic nitrogens is 3. The normalized spacial score (nSPS) is 13.7. The predicted octanol–water partition coefficient (Wildman–Crippen LogP) is 2.82. The number of rotatable bonds is 5. The molecule has 2 aromatic rings. The highest BCUT2D eigenvalue weighted by Crippen LogP contribution is 2.23. The SMILES string of the molecule is CC(Cn1cccn1)NCc1nc(C(C)(C)C)cs1. The summed E-state index contributed by atoms with van der Waals surface area (Å²) in [5.74, 6) is 0. The molecule has 2 rings (SSSR count). The Balaban J connectivity index is 1.83. The van der Waals surface area contributed by atoms with Crippen molar-refractivity contribution in [2.75, 3.05) is 0 Å². The van der Waals surface area contributed by atoms with Gasteiger partial charge in [0.2, 0.25) is 0 Å². The minimum Gasteiger partial charge on any atom is -0.306 e. The minimum atomic E-state index is 0.134. The second-order valence-electron chi connectivity index (χ2n) is 5.89. The van der Waals surface area contributed by atoms with Crippen LogP contribution in [0.3, 0.4) is 0 Å². The van der Waals surface area contributed by atoms with Crippen LogP contribution in [0.15, 0.2) is 23.8 Å². The second-order valence-corrected chi connectivity index (χ2v) is 6.83. The molecule has 2 aromatic heterocycles. The van der Waals surface area contributed by atoms with Crippen LogP contribution >= 0.6 is 11.3 Å². The fourth-order valence-corrected chi connectivity index (χ4v) is 2.72. The van der Waals surface area contributed by atoms with Crippen LogP contribution < -0.4 is 5.32 Å². The molecule has 0 bridgehead atoms. The summed E-state index contributed by atoms with van der Waals surface area (Å²) in [6.07, 6.45) is 3.79. The van der Waals surface area contributed by atoms with Crippen LogP contribution in [0.5, 0.6) is 0 Å².